The van der Waals surface area contributed by atoms with Gasteiger partial charge in [0, 0.05) is 10.9 Å². The third-order valence-electron chi connectivity index (χ3n) is 3.99. The van der Waals surface area contributed by atoms with Crippen molar-refractivity contribution in [3.8, 4) is 11.8 Å². The highest BCUT2D eigenvalue weighted by Crippen LogP contribution is 2.27. The van der Waals surface area contributed by atoms with Gasteiger partial charge in [-0.1, -0.05) is 28.9 Å². The average molecular weight is 362 g/mol. The highest BCUT2D eigenvalue weighted by molar-refractivity contribution is 6.31. The Hall–Kier alpha value is -3.43. The fraction of sp³-hybridized carbons (Fsp3) is 0.0526. The molecule has 126 valence electrons. The number of fused-ring (bicyclic) bond motifs is 2. The van der Waals surface area contributed by atoms with Gasteiger partial charge in [0.2, 0.25) is 0 Å². The van der Waals surface area contributed by atoms with Gasteiger partial charge in [0.1, 0.15) is 28.2 Å². The summed E-state index contributed by atoms with van der Waals surface area (Å²) in [6.07, 6.45) is 1.65. The number of hydrogen-bond acceptors (Lipinski definition) is 5. The van der Waals surface area contributed by atoms with Gasteiger partial charge in [-0.05, 0) is 42.5 Å². The van der Waals surface area contributed by atoms with E-state index in [9.17, 15) is 5.26 Å². The fourth-order valence-electron chi connectivity index (χ4n) is 2.71. The molecule has 0 spiro atoms. The van der Waals surface area contributed by atoms with Gasteiger partial charge >= 0.3 is 0 Å². The molecule has 0 aliphatic carbocycles. The van der Waals surface area contributed by atoms with Crippen molar-refractivity contribution in [3.05, 3.63) is 59.2 Å². The predicted octanol–water partition coefficient (Wildman–Crippen LogP) is 4.16. The molecule has 0 fully saturated rings. The minimum atomic E-state index is 0.296. The molecule has 4 rings (SSSR count). The molecule has 2 aromatic carbocycles. The first kappa shape index (κ1) is 16.1. The Morgan fingerprint density at radius 1 is 1.19 bits per heavy atom. The number of rotatable bonds is 3. The van der Waals surface area contributed by atoms with E-state index in [2.05, 4.69) is 21.4 Å². The molecule has 6 nitrogen and oxygen atoms in total. The third kappa shape index (κ3) is 2.75. The number of nitriles is 1. The van der Waals surface area contributed by atoms with Crippen LogP contribution in [-0.2, 0) is 0 Å². The van der Waals surface area contributed by atoms with Crippen molar-refractivity contribution < 1.29 is 4.74 Å². The topological polar surface area (TPSA) is 76.6 Å². The molecule has 2 aromatic heterocycles. The summed E-state index contributed by atoms with van der Waals surface area (Å²) in [5.41, 5.74) is 3.11. The summed E-state index contributed by atoms with van der Waals surface area (Å²) in [4.78, 5) is 4.39. The number of pyridine rings is 1. The summed E-state index contributed by atoms with van der Waals surface area (Å²) >= 11 is 6.32. The van der Waals surface area contributed by atoms with Crippen LogP contribution in [0.4, 0.5) is 0 Å². The standard InChI is InChI=1S/C19H12ClN5O/c1-26-15-6-7-16-12(10-15)8-13(19(20)22-16)9-14(11-21)25-18-5-3-2-4-17(18)23-24-25/h2-10H,1H3/b14-9+. The Labute approximate surface area is 153 Å². The van der Waals surface area contributed by atoms with E-state index in [0.29, 0.717) is 21.9 Å². The lowest BCUT2D eigenvalue weighted by Gasteiger charge is -2.06. The number of methoxy groups -OCH3 is 1. The lowest BCUT2D eigenvalue weighted by atomic mass is 10.1. The van der Waals surface area contributed by atoms with Crippen LogP contribution in [0.5, 0.6) is 5.75 Å². The monoisotopic (exact) mass is 361 g/mol. The van der Waals surface area contributed by atoms with Crippen LogP contribution >= 0.6 is 11.6 Å². The quantitative estimate of drug-likeness (QED) is 0.404. The summed E-state index contributed by atoms with van der Waals surface area (Å²) in [6, 6.07) is 17.0. The van der Waals surface area contributed by atoms with E-state index in [4.69, 9.17) is 16.3 Å². The number of allylic oxidation sites excluding steroid dienone is 1. The van der Waals surface area contributed by atoms with Gasteiger partial charge in [0.05, 0.1) is 18.1 Å². The molecule has 0 saturated heterocycles. The molecule has 0 radical (unpaired) electrons. The van der Waals surface area contributed by atoms with Gasteiger partial charge in [0.25, 0.3) is 0 Å². The van der Waals surface area contributed by atoms with Crippen molar-refractivity contribution in [1.82, 2.24) is 20.0 Å². The maximum absolute atomic E-state index is 9.61. The number of nitrogens with zero attached hydrogens (tertiary/aromatic N) is 5. The second kappa shape index (κ2) is 6.47. The van der Waals surface area contributed by atoms with Crippen LogP contribution in [0, 0.1) is 11.3 Å². The summed E-state index contributed by atoms with van der Waals surface area (Å²) in [6.45, 7) is 0. The van der Waals surface area contributed by atoms with Gasteiger partial charge in [-0.3, -0.25) is 0 Å². The Morgan fingerprint density at radius 3 is 2.85 bits per heavy atom. The van der Waals surface area contributed by atoms with Gasteiger partial charge in [0.15, 0.2) is 0 Å². The van der Waals surface area contributed by atoms with E-state index in [1.807, 2.05) is 48.5 Å². The Morgan fingerprint density at radius 2 is 2.04 bits per heavy atom. The van der Waals surface area contributed by atoms with Crippen LogP contribution in [-0.4, -0.2) is 27.1 Å². The van der Waals surface area contributed by atoms with Crippen molar-refractivity contribution in [3.63, 3.8) is 0 Å². The van der Waals surface area contributed by atoms with E-state index < -0.39 is 0 Å². The Kier molecular flexibility index (Phi) is 3.99. The first-order chi connectivity index (χ1) is 12.7. The highest BCUT2D eigenvalue weighted by Gasteiger charge is 2.11. The van der Waals surface area contributed by atoms with E-state index >= 15 is 0 Å². The number of aromatic nitrogens is 4. The largest absolute Gasteiger partial charge is 0.497 e. The molecule has 7 heteroatoms. The van der Waals surface area contributed by atoms with Crippen LogP contribution in [0.3, 0.4) is 0 Å². The number of ether oxygens (including phenoxy) is 1. The molecule has 0 saturated carbocycles. The molecule has 0 aliphatic rings. The van der Waals surface area contributed by atoms with Crippen LogP contribution in [0.15, 0.2) is 48.5 Å². The number of halogens is 1. The molecule has 0 atom stereocenters. The summed E-state index contributed by atoms with van der Waals surface area (Å²) in [5, 5.41) is 18.9. The van der Waals surface area contributed by atoms with Gasteiger partial charge in [-0.2, -0.15) is 5.26 Å². The number of benzene rings is 2. The number of hydrogen-bond donors (Lipinski definition) is 0. The van der Waals surface area contributed by atoms with Crippen molar-refractivity contribution in [2.24, 2.45) is 0 Å². The van der Waals surface area contributed by atoms with Crippen LogP contribution in [0.25, 0.3) is 33.7 Å². The fourth-order valence-corrected chi connectivity index (χ4v) is 2.91. The van der Waals surface area contributed by atoms with Crippen molar-refractivity contribution in [2.75, 3.05) is 7.11 Å². The molecule has 0 amide bonds. The van der Waals surface area contributed by atoms with Crippen LogP contribution in [0.1, 0.15) is 5.56 Å². The van der Waals surface area contributed by atoms with E-state index in [-0.39, 0.29) is 0 Å². The second-order valence-corrected chi connectivity index (χ2v) is 5.92. The smallest absolute Gasteiger partial charge is 0.145 e. The Balaban J connectivity index is 1.87. The minimum absolute atomic E-state index is 0.296. The summed E-state index contributed by atoms with van der Waals surface area (Å²) < 4.78 is 6.74. The van der Waals surface area contributed by atoms with E-state index in [1.165, 1.54) is 4.68 Å². The number of para-hydroxylation sites is 1. The zero-order valence-corrected chi connectivity index (χ0v) is 14.5. The SMILES string of the molecule is COc1ccc2nc(Cl)c(/C=C(\C#N)n3nnc4ccccc43)cc2c1. The molecule has 4 aromatic rings. The summed E-state index contributed by atoms with van der Waals surface area (Å²) in [5.74, 6) is 0.722. The zero-order chi connectivity index (χ0) is 18.1. The molecule has 0 N–H and O–H groups in total. The van der Waals surface area contributed by atoms with E-state index in [1.54, 1.807) is 13.2 Å². The van der Waals surface area contributed by atoms with Crippen molar-refractivity contribution in [1.29, 1.82) is 5.26 Å². The van der Waals surface area contributed by atoms with Crippen LogP contribution < -0.4 is 4.74 Å². The molecule has 26 heavy (non-hydrogen) atoms. The molecule has 2 heterocycles. The minimum Gasteiger partial charge on any atom is -0.497 e. The van der Waals surface area contributed by atoms with Crippen molar-refractivity contribution in [2.45, 2.75) is 0 Å². The maximum atomic E-state index is 9.61. The predicted molar refractivity (Wildman–Crippen MR) is 101 cm³/mol. The zero-order valence-electron chi connectivity index (χ0n) is 13.7. The lowest BCUT2D eigenvalue weighted by Crippen LogP contribution is -1.98. The van der Waals surface area contributed by atoms with Crippen molar-refractivity contribution >= 4 is 45.3 Å². The second-order valence-electron chi connectivity index (χ2n) is 5.56. The average Bonchev–Trinajstić information content (AvgIpc) is 3.10. The normalized spacial score (nSPS) is 11.7. The molecule has 0 bridgehead atoms. The molecule has 0 aliphatic heterocycles. The first-order valence-electron chi connectivity index (χ1n) is 7.76. The highest BCUT2D eigenvalue weighted by atomic mass is 35.5. The Bertz CT molecular complexity index is 1210. The maximum Gasteiger partial charge on any atom is 0.145 e. The van der Waals surface area contributed by atoms with Gasteiger partial charge in [-0.25, -0.2) is 9.67 Å². The van der Waals surface area contributed by atoms with Gasteiger partial charge in [-0.15, -0.1) is 5.10 Å². The molecule has 0 unspecified atom stereocenters. The molecular formula is C19H12ClN5O. The van der Waals surface area contributed by atoms with E-state index in [0.717, 1.165) is 22.2 Å². The van der Waals surface area contributed by atoms with Crippen LogP contribution in [0.2, 0.25) is 5.15 Å². The summed E-state index contributed by atoms with van der Waals surface area (Å²) in [7, 11) is 1.61. The third-order valence-corrected chi connectivity index (χ3v) is 4.29. The molecular weight excluding hydrogens is 350 g/mol. The van der Waals surface area contributed by atoms with Gasteiger partial charge < -0.3 is 4.74 Å². The lowest BCUT2D eigenvalue weighted by molar-refractivity contribution is 0.415. The first-order valence-corrected chi connectivity index (χ1v) is 8.14.